The fourth-order valence-electron chi connectivity index (χ4n) is 2.14. The normalized spacial score (nSPS) is 11.2. The van der Waals surface area contributed by atoms with Gasteiger partial charge in [0.15, 0.2) is 0 Å². The minimum absolute atomic E-state index is 0.213. The zero-order valence-electron chi connectivity index (χ0n) is 13.2. The summed E-state index contributed by atoms with van der Waals surface area (Å²) < 4.78 is 65.3. The number of benzene rings is 2. The van der Waals surface area contributed by atoms with Crippen molar-refractivity contribution in [3.8, 4) is 0 Å². The number of anilines is 2. The Hall–Kier alpha value is -2.55. The lowest BCUT2D eigenvalue weighted by atomic mass is 10.2. The van der Waals surface area contributed by atoms with E-state index in [1.165, 1.54) is 18.2 Å². The summed E-state index contributed by atoms with van der Waals surface area (Å²) in [4.78, 5) is 11.9. The molecule has 0 bridgehead atoms. The number of hydrogen-bond donors (Lipinski definition) is 1. The number of nitrogens with one attached hydrogen (secondary N) is 1. The Kier molecular flexibility index (Phi) is 5.68. The third kappa shape index (κ3) is 4.72. The van der Waals surface area contributed by atoms with Crippen molar-refractivity contribution in [1.82, 2.24) is 0 Å². The molecule has 0 aliphatic heterocycles. The Bertz CT molecular complexity index is 868. The Balaban J connectivity index is 2.14. The molecule has 0 fully saturated rings. The van der Waals surface area contributed by atoms with E-state index in [2.05, 4.69) is 0 Å². The summed E-state index contributed by atoms with van der Waals surface area (Å²) in [7, 11) is -3.86. The molecule has 0 radical (unpaired) electrons. The maximum atomic E-state index is 13.8. The molecule has 0 saturated carbocycles. The van der Waals surface area contributed by atoms with E-state index in [4.69, 9.17) is 0 Å². The number of amides is 1. The van der Waals surface area contributed by atoms with E-state index in [-0.39, 0.29) is 12.2 Å². The number of rotatable bonds is 6. The molecule has 9 heteroatoms. The quantitative estimate of drug-likeness (QED) is 0.848. The van der Waals surface area contributed by atoms with Gasteiger partial charge in [-0.2, -0.15) is 0 Å². The Morgan fingerprint density at radius 3 is 2.12 bits per heavy atom. The van der Waals surface area contributed by atoms with Crippen LogP contribution in [-0.4, -0.2) is 27.1 Å². The first-order valence-electron chi connectivity index (χ1n) is 7.16. The van der Waals surface area contributed by atoms with Crippen molar-refractivity contribution in [3.05, 3.63) is 59.9 Å². The largest absolute Gasteiger partial charge is 0.321 e. The lowest BCUT2D eigenvalue weighted by Crippen LogP contribution is -2.33. The van der Waals surface area contributed by atoms with Crippen molar-refractivity contribution in [3.63, 3.8) is 0 Å². The van der Waals surface area contributed by atoms with Crippen LogP contribution < -0.4 is 9.62 Å². The van der Waals surface area contributed by atoms with Gasteiger partial charge in [-0.1, -0.05) is 18.2 Å². The summed E-state index contributed by atoms with van der Waals surface area (Å²) in [6, 6.07) is 8.27. The van der Waals surface area contributed by atoms with Crippen molar-refractivity contribution >= 4 is 27.3 Å². The van der Waals surface area contributed by atoms with Crippen LogP contribution in [0.2, 0.25) is 0 Å². The van der Waals surface area contributed by atoms with Crippen molar-refractivity contribution < 1.29 is 26.4 Å². The van der Waals surface area contributed by atoms with Gasteiger partial charge in [0, 0.05) is 13.0 Å². The predicted molar refractivity (Wildman–Crippen MR) is 88.2 cm³/mol. The second-order valence-electron chi connectivity index (χ2n) is 5.18. The van der Waals surface area contributed by atoms with E-state index in [1.807, 2.05) is 5.32 Å². The molecule has 134 valence electrons. The molecule has 0 unspecified atom stereocenters. The average molecular weight is 372 g/mol. The first kappa shape index (κ1) is 18.8. The van der Waals surface area contributed by atoms with Gasteiger partial charge < -0.3 is 5.32 Å². The van der Waals surface area contributed by atoms with Crippen LogP contribution in [0.25, 0.3) is 0 Å². The SMILES string of the molecule is CS(=O)(=O)N(CCC(=O)Nc1c(F)cccc1F)c1ccccc1F. The van der Waals surface area contributed by atoms with Gasteiger partial charge in [-0.25, -0.2) is 21.6 Å². The van der Waals surface area contributed by atoms with Crippen LogP contribution in [0.5, 0.6) is 0 Å². The number of carbonyl (C=O) groups is 1. The number of nitrogens with zero attached hydrogens (tertiary/aromatic N) is 1. The highest BCUT2D eigenvalue weighted by molar-refractivity contribution is 7.92. The van der Waals surface area contributed by atoms with Crippen LogP contribution >= 0.6 is 0 Å². The Morgan fingerprint density at radius 1 is 1.00 bits per heavy atom. The summed E-state index contributed by atoms with van der Waals surface area (Å²) >= 11 is 0. The highest BCUT2D eigenvalue weighted by atomic mass is 32.2. The van der Waals surface area contributed by atoms with Crippen LogP contribution in [0.15, 0.2) is 42.5 Å². The Labute approximate surface area is 143 Å². The summed E-state index contributed by atoms with van der Waals surface area (Å²) in [5.41, 5.74) is -0.834. The predicted octanol–water partition coefficient (Wildman–Crippen LogP) is 2.90. The van der Waals surface area contributed by atoms with Gasteiger partial charge in [-0.15, -0.1) is 0 Å². The average Bonchev–Trinajstić information content (AvgIpc) is 2.52. The maximum Gasteiger partial charge on any atom is 0.232 e. The van der Waals surface area contributed by atoms with Gasteiger partial charge in [0.1, 0.15) is 23.1 Å². The van der Waals surface area contributed by atoms with Crippen molar-refractivity contribution in [2.75, 3.05) is 22.4 Å². The van der Waals surface area contributed by atoms with Gasteiger partial charge in [-0.3, -0.25) is 9.10 Å². The van der Waals surface area contributed by atoms with E-state index >= 15 is 0 Å². The number of carbonyl (C=O) groups excluding carboxylic acids is 1. The highest BCUT2D eigenvalue weighted by Crippen LogP contribution is 2.22. The molecule has 0 aromatic heterocycles. The van der Waals surface area contributed by atoms with E-state index in [9.17, 15) is 26.4 Å². The summed E-state index contributed by atoms with van der Waals surface area (Å²) in [6.07, 6.45) is 0.447. The van der Waals surface area contributed by atoms with E-state index in [1.54, 1.807) is 0 Å². The first-order valence-corrected chi connectivity index (χ1v) is 9.01. The fourth-order valence-corrected chi connectivity index (χ4v) is 3.07. The summed E-state index contributed by atoms with van der Waals surface area (Å²) in [5.74, 6) is -3.49. The first-order chi connectivity index (χ1) is 11.7. The molecular weight excluding hydrogens is 357 g/mol. The van der Waals surface area contributed by atoms with E-state index < -0.39 is 45.5 Å². The molecule has 0 aliphatic rings. The smallest absolute Gasteiger partial charge is 0.232 e. The standard InChI is InChI=1S/C16H15F3N2O3S/c1-25(23,24)21(14-8-3-2-5-11(14)17)10-9-15(22)20-16-12(18)6-4-7-13(16)19/h2-8H,9-10H2,1H3,(H,20,22). The fraction of sp³-hybridized carbons (Fsp3) is 0.188. The van der Waals surface area contributed by atoms with Gasteiger partial charge in [0.2, 0.25) is 15.9 Å². The molecule has 25 heavy (non-hydrogen) atoms. The van der Waals surface area contributed by atoms with Crippen molar-refractivity contribution in [2.24, 2.45) is 0 Å². The van der Waals surface area contributed by atoms with Crippen LogP contribution in [0.3, 0.4) is 0 Å². The molecule has 0 heterocycles. The monoisotopic (exact) mass is 372 g/mol. The third-order valence-corrected chi connectivity index (χ3v) is 4.47. The number of para-hydroxylation sites is 2. The molecular formula is C16H15F3N2O3S. The summed E-state index contributed by atoms with van der Waals surface area (Å²) in [5, 5.41) is 2.05. The van der Waals surface area contributed by atoms with Crippen LogP contribution in [0.4, 0.5) is 24.5 Å². The minimum atomic E-state index is -3.86. The number of halogens is 3. The molecule has 0 spiro atoms. The molecule has 0 saturated heterocycles. The van der Waals surface area contributed by atoms with E-state index in [0.29, 0.717) is 0 Å². The zero-order chi connectivity index (χ0) is 18.6. The van der Waals surface area contributed by atoms with Crippen molar-refractivity contribution in [1.29, 1.82) is 0 Å². The van der Waals surface area contributed by atoms with Crippen molar-refractivity contribution in [2.45, 2.75) is 6.42 Å². The third-order valence-electron chi connectivity index (χ3n) is 3.29. The zero-order valence-corrected chi connectivity index (χ0v) is 14.0. The molecule has 2 aromatic rings. The summed E-state index contributed by atoms with van der Waals surface area (Å²) in [6.45, 7) is -0.387. The van der Waals surface area contributed by atoms with Crippen LogP contribution in [0.1, 0.15) is 6.42 Å². The van der Waals surface area contributed by atoms with Crippen LogP contribution in [0, 0.1) is 17.5 Å². The molecule has 5 nitrogen and oxygen atoms in total. The van der Waals surface area contributed by atoms with Gasteiger partial charge >= 0.3 is 0 Å². The van der Waals surface area contributed by atoms with Crippen LogP contribution in [-0.2, 0) is 14.8 Å². The molecule has 2 aromatic carbocycles. The van der Waals surface area contributed by atoms with E-state index in [0.717, 1.165) is 34.8 Å². The lowest BCUT2D eigenvalue weighted by Gasteiger charge is -2.22. The molecule has 1 N–H and O–H groups in total. The Morgan fingerprint density at radius 2 is 1.56 bits per heavy atom. The maximum absolute atomic E-state index is 13.8. The molecule has 2 rings (SSSR count). The lowest BCUT2D eigenvalue weighted by molar-refractivity contribution is -0.116. The molecule has 1 amide bonds. The highest BCUT2D eigenvalue weighted by Gasteiger charge is 2.22. The number of hydrogen-bond acceptors (Lipinski definition) is 3. The van der Waals surface area contributed by atoms with Gasteiger partial charge in [0.05, 0.1) is 11.9 Å². The molecule has 0 aliphatic carbocycles. The number of sulfonamides is 1. The van der Waals surface area contributed by atoms with Gasteiger partial charge in [-0.05, 0) is 24.3 Å². The second kappa shape index (κ2) is 7.56. The molecule has 0 atom stereocenters. The topological polar surface area (TPSA) is 66.5 Å². The minimum Gasteiger partial charge on any atom is -0.321 e. The second-order valence-corrected chi connectivity index (χ2v) is 7.09. The van der Waals surface area contributed by atoms with Gasteiger partial charge in [0.25, 0.3) is 0 Å².